The number of hydrogen-bond acceptors (Lipinski definition) is 7. The number of esters is 1. The lowest BCUT2D eigenvalue weighted by molar-refractivity contribution is -0.143. The van der Waals surface area contributed by atoms with Crippen LogP contribution in [0.3, 0.4) is 0 Å². The van der Waals surface area contributed by atoms with Crippen LogP contribution >= 0.6 is 11.6 Å². The SMILES string of the molecule is CCOC(=O)CC(c1cccc(OCc2cnc(-c3cc(OC)ncc3F)c(Cl)n2)c1)C1CC1. The van der Waals surface area contributed by atoms with Gasteiger partial charge in [-0.05, 0) is 49.3 Å². The Hall–Kier alpha value is -3.26. The van der Waals surface area contributed by atoms with Gasteiger partial charge in [-0.2, -0.15) is 0 Å². The van der Waals surface area contributed by atoms with E-state index in [1.165, 1.54) is 19.4 Å². The maximum Gasteiger partial charge on any atom is 0.306 e. The fourth-order valence-corrected chi connectivity index (χ4v) is 4.07. The van der Waals surface area contributed by atoms with Crippen molar-refractivity contribution in [3.63, 3.8) is 0 Å². The minimum atomic E-state index is -0.578. The molecule has 0 radical (unpaired) electrons. The second kappa shape index (κ2) is 10.8. The molecule has 7 nitrogen and oxygen atoms in total. The molecule has 1 aromatic carbocycles. The predicted octanol–water partition coefficient (Wildman–Crippen LogP) is 5.37. The lowest BCUT2D eigenvalue weighted by Gasteiger charge is -2.17. The molecule has 1 fully saturated rings. The molecule has 1 aliphatic carbocycles. The number of benzene rings is 1. The van der Waals surface area contributed by atoms with E-state index in [-0.39, 0.29) is 40.8 Å². The number of hydrogen-bond donors (Lipinski definition) is 0. The molecule has 178 valence electrons. The zero-order chi connectivity index (χ0) is 24.1. The summed E-state index contributed by atoms with van der Waals surface area (Å²) < 4.78 is 30.3. The Morgan fingerprint density at radius 3 is 2.76 bits per heavy atom. The Labute approximate surface area is 202 Å². The van der Waals surface area contributed by atoms with E-state index in [0.717, 1.165) is 24.6 Å². The van der Waals surface area contributed by atoms with Crippen molar-refractivity contribution in [2.75, 3.05) is 13.7 Å². The minimum absolute atomic E-state index is 0.0465. The second-order valence-corrected chi connectivity index (χ2v) is 8.38. The molecule has 0 bridgehead atoms. The van der Waals surface area contributed by atoms with E-state index in [0.29, 0.717) is 30.4 Å². The van der Waals surface area contributed by atoms with Crippen molar-refractivity contribution in [1.29, 1.82) is 0 Å². The first-order chi connectivity index (χ1) is 16.5. The number of nitrogens with zero attached hydrogens (tertiary/aromatic N) is 3. The Morgan fingerprint density at radius 2 is 2.06 bits per heavy atom. The predicted molar refractivity (Wildman–Crippen MR) is 124 cm³/mol. The van der Waals surface area contributed by atoms with Gasteiger partial charge in [0, 0.05) is 11.6 Å². The van der Waals surface area contributed by atoms with Crippen LogP contribution in [0.15, 0.2) is 42.7 Å². The van der Waals surface area contributed by atoms with Crippen LogP contribution in [0.5, 0.6) is 11.6 Å². The number of carbonyl (C=O) groups is 1. The summed E-state index contributed by atoms with van der Waals surface area (Å²) in [5, 5.41) is 0.0465. The Balaban J connectivity index is 1.46. The lowest BCUT2D eigenvalue weighted by atomic mass is 9.91. The summed E-state index contributed by atoms with van der Waals surface area (Å²) >= 11 is 6.30. The van der Waals surface area contributed by atoms with Crippen LogP contribution in [0.25, 0.3) is 11.3 Å². The van der Waals surface area contributed by atoms with E-state index < -0.39 is 5.82 Å². The summed E-state index contributed by atoms with van der Waals surface area (Å²) in [7, 11) is 1.44. The quantitative estimate of drug-likeness (QED) is 0.357. The number of pyridine rings is 1. The monoisotopic (exact) mass is 485 g/mol. The standard InChI is InChI=1S/C25H25ClFN3O4/c1-3-33-23(31)11-19(15-7-8-15)16-5-4-6-18(9-16)34-14-17-12-29-24(25(26)30-17)20-10-22(32-2)28-13-21(20)27/h4-6,9-10,12-13,15,19H,3,7-8,11,14H2,1-2H3. The van der Waals surface area contributed by atoms with E-state index in [2.05, 4.69) is 15.0 Å². The number of rotatable bonds is 10. The Kier molecular flexibility index (Phi) is 7.57. The maximum atomic E-state index is 14.2. The van der Waals surface area contributed by atoms with Gasteiger partial charge in [0.25, 0.3) is 0 Å². The zero-order valence-electron chi connectivity index (χ0n) is 19.0. The second-order valence-electron chi connectivity index (χ2n) is 8.02. The van der Waals surface area contributed by atoms with Gasteiger partial charge < -0.3 is 14.2 Å². The third kappa shape index (κ3) is 5.80. The van der Waals surface area contributed by atoms with Gasteiger partial charge >= 0.3 is 5.97 Å². The summed E-state index contributed by atoms with van der Waals surface area (Å²) in [6, 6.07) is 9.13. The molecule has 2 heterocycles. The molecule has 0 saturated heterocycles. The van der Waals surface area contributed by atoms with E-state index in [4.69, 9.17) is 25.8 Å². The van der Waals surface area contributed by atoms with Gasteiger partial charge in [0.1, 0.15) is 18.1 Å². The molecule has 0 amide bonds. The van der Waals surface area contributed by atoms with Crippen molar-refractivity contribution in [2.45, 2.75) is 38.7 Å². The fraction of sp³-hybridized carbons (Fsp3) is 0.360. The van der Waals surface area contributed by atoms with Gasteiger partial charge in [-0.25, -0.2) is 14.4 Å². The largest absolute Gasteiger partial charge is 0.487 e. The minimum Gasteiger partial charge on any atom is -0.487 e. The zero-order valence-corrected chi connectivity index (χ0v) is 19.7. The molecule has 2 aromatic heterocycles. The summed E-state index contributed by atoms with van der Waals surface area (Å²) in [5.74, 6) is 0.741. The molecule has 34 heavy (non-hydrogen) atoms. The van der Waals surface area contributed by atoms with Crippen LogP contribution in [0.2, 0.25) is 5.15 Å². The van der Waals surface area contributed by atoms with Crippen LogP contribution in [0.4, 0.5) is 4.39 Å². The van der Waals surface area contributed by atoms with E-state index in [9.17, 15) is 9.18 Å². The van der Waals surface area contributed by atoms with Crippen molar-refractivity contribution in [2.24, 2.45) is 5.92 Å². The topological polar surface area (TPSA) is 83.4 Å². The first kappa shape index (κ1) is 23.9. The maximum absolute atomic E-state index is 14.2. The average molecular weight is 486 g/mol. The first-order valence-electron chi connectivity index (χ1n) is 11.1. The third-order valence-corrected chi connectivity index (χ3v) is 5.89. The Morgan fingerprint density at radius 1 is 1.24 bits per heavy atom. The van der Waals surface area contributed by atoms with Gasteiger partial charge in [0.05, 0.1) is 38.2 Å². The molecular formula is C25H25ClFN3O4. The van der Waals surface area contributed by atoms with Crippen LogP contribution < -0.4 is 9.47 Å². The molecule has 9 heteroatoms. The van der Waals surface area contributed by atoms with E-state index >= 15 is 0 Å². The molecule has 1 aliphatic rings. The van der Waals surface area contributed by atoms with Crippen molar-refractivity contribution >= 4 is 17.6 Å². The van der Waals surface area contributed by atoms with Crippen molar-refractivity contribution in [3.8, 4) is 22.9 Å². The molecule has 1 atom stereocenters. The molecule has 0 spiro atoms. The number of methoxy groups -OCH3 is 1. The van der Waals surface area contributed by atoms with Crippen LogP contribution in [0.1, 0.15) is 43.4 Å². The molecule has 3 aromatic rings. The normalized spacial score (nSPS) is 13.9. The van der Waals surface area contributed by atoms with Gasteiger partial charge in [0.2, 0.25) is 5.88 Å². The number of ether oxygens (including phenoxy) is 3. The van der Waals surface area contributed by atoms with Crippen LogP contribution in [-0.2, 0) is 16.1 Å². The number of halogens is 2. The first-order valence-corrected chi connectivity index (χ1v) is 11.5. The van der Waals surface area contributed by atoms with Crippen molar-refractivity contribution in [1.82, 2.24) is 15.0 Å². The highest BCUT2D eigenvalue weighted by molar-refractivity contribution is 6.31. The molecule has 1 saturated carbocycles. The molecule has 1 unspecified atom stereocenters. The highest BCUT2D eigenvalue weighted by Gasteiger charge is 2.34. The summed E-state index contributed by atoms with van der Waals surface area (Å²) in [5.41, 5.74) is 1.88. The number of aromatic nitrogens is 3. The van der Waals surface area contributed by atoms with Gasteiger partial charge in [-0.1, -0.05) is 23.7 Å². The Bertz CT molecular complexity index is 1170. The van der Waals surface area contributed by atoms with E-state index in [1.807, 2.05) is 31.2 Å². The van der Waals surface area contributed by atoms with Crippen LogP contribution in [0, 0.1) is 11.7 Å². The molecule has 0 aliphatic heterocycles. The molecular weight excluding hydrogens is 461 g/mol. The summed E-state index contributed by atoms with van der Waals surface area (Å²) in [4.78, 5) is 24.5. The van der Waals surface area contributed by atoms with E-state index in [1.54, 1.807) is 0 Å². The smallest absolute Gasteiger partial charge is 0.306 e. The van der Waals surface area contributed by atoms with Gasteiger partial charge in [0.15, 0.2) is 11.0 Å². The lowest BCUT2D eigenvalue weighted by Crippen LogP contribution is -2.12. The number of carbonyl (C=O) groups excluding carboxylic acids is 1. The highest BCUT2D eigenvalue weighted by atomic mass is 35.5. The third-order valence-electron chi connectivity index (χ3n) is 5.63. The average Bonchev–Trinajstić information content (AvgIpc) is 3.68. The van der Waals surface area contributed by atoms with Gasteiger partial charge in [-0.3, -0.25) is 9.78 Å². The fourth-order valence-electron chi connectivity index (χ4n) is 3.81. The molecule has 4 rings (SSSR count). The summed E-state index contributed by atoms with van der Waals surface area (Å²) in [6.45, 7) is 2.32. The van der Waals surface area contributed by atoms with Crippen LogP contribution in [-0.4, -0.2) is 34.6 Å². The van der Waals surface area contributed by atoms with Crippen molar-refractivity contribution < 1.29 is 23.4 Å². The van der Waals surface area contributed by atoms with Crippen molar-refractivity contribution in [3.05, 3.63) is 65.0 Å². The molecule has 0 N–H and O–H groups in total. The van der Waals surface area contributed by atoms with Gasteiger partial charge in [-0.15, -0.1) is 0 Å². The summed E-state index contributed by atoms with van der Waals surface area (Å²) in [6.07, 6.45) is 5.12. The highest BCUT2D eigenvalue weighted by Crippen LogP contribution is 2.45.